The number of alkyl halides is 3. The van der Waals surface area contributed by atoms with E-state index in [1.807, 2.05) is 26.0 Å². The van der Waals surface area contributed by atoms with E-state index in [0.717, 1.165) is 36.9 Å². The van der Waals surface area contributed by atoms with Crippen molar-refractivity contribution in [2.75, 3.05) is 33.4 Å². The van der Waals surface area contributed by atoms with Crippen LogP contribution < -0.4 is 5.69 Å². The van der Waals surface area contributed by atoms with Gasteiger partial charge in [-0.3, -0.25) is 14.1 Å². The van der Waals surface area contributed by atoms with E-state index < -0.39 is 12.3 Å². The van der Waals surface area contributed by atoms with Crippen LogP contribution in [0.15, 0.2) is 41.3 Å². The van der Waals surface area contributed by atoms with Gasteiger partial charge in [-0.1, -0.05) is 12.1 Å². The molecule has 214 valence electrons. The fourth-order valence-electron chi connectivity index (χ4n) is 5.30. The minimum atomic E-state index is -4.60. The quantitative estimate of drug-likeness (QED) is 0.311. The van der Waals surface area contributed by atoms with Crippen LogP contribution in [0.4, 0.5) is 13.2 Å². The summed E-state index contributed by atoms with van der Waals surface area (Å²) in [5.41, 5.74) is 2.71. The Labute approximate surface area is 229 Å². The molecule has 0 spiro atoms. The van der Waals surface area contributed by atoms with E-state index in [1.165, 1.54) is 16.8 Å². The number of nitrogens with zero attached hydrogens (tertiary/aromatic N) is 6. The number of rotatable bonds is 8. The third kappa shape index (κ3) is 5.48. The molecule has 0 bridgehead atoms. The Morgan fingerprint density at radius 2 is 1.80 bits per heavy atom. The normalized spacial score (nSPS) is 16.4. The van der Waals surface area contributed by atoms with Gasteiger partial charge in [-0.25, -0.2) is 4.79 Å². The van der Waals surface area contributed by atoms with Gasteiger partial charge < -0.3 is 14.4 Å². The van der Waals surface area contributed by atoms with Crippen LogP contribution in [0, 0.1) is 0 Å². The second-order valence-electron chi connectivity index (χ2n) is 10.5. The number of aryl methyl sites for hydroxylation is 1. The SMILES string of the molecule is COC1CCN(CCOC(c2ccc(-c3ccc4nnc5c(c4c3)n(C(C)C)c(=O)n5C)cn2)C(F)(F)F)CC1. The van der Waals surface area contributed by atoms with Gasteiger partial charge in [-0.15, -0.1) is 10.2 Å². The Morgan fingerprint density at radius 1 is 1.07 bits per heavy atom. The summed E-state index contributed by atoms with van der Waals surface area (Å²) in [6.07, 6.45) is -3.38. The second-order valence-corrected chi connectivity index (χ2v) is 10.5. The average Bonchev–Trinajstić information content (AvgIpc) is 3.20. The predicted octanol–water partition coefficient (Wildman–Crippen LogP) is 4.66. The lowest BCUT2D eigenvalue weighted by Gasteiger charge is -2.31. The highest BCUT2D eigenvalue weighted by atomic mass is 19.4. The molecule has 0 saturated carbocycles. The maximum Gasteiger partial charge on any atom is 0.420 e. The van der Waals surface area contributed by atoms with E-state index in [2.05, 4.69) is 20.1 Å². The molecule has 4 heterocycles. The minimum absolute atomic E-state index is 0.0540. The van der Waals surface area contributed by atoms with Crippen LogP contribution in [0.1, 0.15) is 44.5 Å². The monoisotopic (exact) mass is 558 g/mol. The predicted molar refractivity (Wildman–Crippen MR) is 145 cm³/mol. The molecule has 1 saturated heterocycles. The molecule has 0 aliphatic carbocycles. The van der Waals surface area contributed by atoms with Gasteiger partial charge in [-0.05, 0) is 50.5 Å². The average molecular weight is 559 g/mol. The van der Waals surface area contributed by atoms with Gasteiger partial charge in [0.1, 0.15) is 5.52 Å². The molecule has 1 unspecified atom stereocenters. The minimum Gasteiger partial charge on any atom is -0.381 e. The summed E-state index contributed by atoms with van der Waals surface area (Å²) >= 11 is 0. The standard InChI is InChI=1S/C28H33F3N6O3/c1-17(2)37-24-21-15-18(5-7-22(21)33-34-26(24)35(3)27(37)38)19-6-8-23(32-16-19)25(28(29,30)31)40-14-13-36-11-9-20(39-4)10-12-36/h5-8,15-17,20,25H,9-14H2,1-4H3. The van der Waals surface area contributed by atoms with Crippen molar-refractivity contribution in [3.63, 3.8) is 0 Å². The van der Waals surface area contributed by atoms with Gasteiger partial charge in [0.25, 0.3) is 0 Å². The highest BCUT2D eigenvalue weighted by molar-refractivity contribution is 6.02. The molecule has 0 N–H and O–H groups in total. The van der Waals surface area contributed by atoms with E-state index in [0.29, 0.717) is 28.8 Å². The number of hydrogen-bond acceptors (Lipinski definition) is 7. The van der Waals surface area contributed by atoms with Gasteiger partial charge >= 0.3 is 11.9 Å². The first-order chi connectivity index (χ1) is 19.1. The topological polar surface area (TPSA) is 87.3 Å². The first-order valence-corrected chi connectivity index (χ1v) is 13.4. The fraction of sp³-hybridized carbons (Fsp3) is 0.500. The number of aromatic nitrogens is 5. The van der Waals surface area contributed by atoms with Gasteiger partial charge in [-0.2, -0.15) is 13.2 Å². The van der Waals surface area contributed by atoms with Crippen LogP contribution in [-0.2, 0) is 16.5 Å². The summed E-state index contributed by atoms with van der Waals surface area (Å²) < 4.78 is 55.6. The number of piperidine rings is 1. The number of ether oxygens (including phenoxy) is 2. The number of hydrogen-bond donors (Lipinski definition) is 0. The Kier molecular flexibility index (Phi) is 7.94. The second kappa shape index (κ2) is 11.3. The molecule has 1 aliphatic rings. The molecule has 4 aromatic rings. The largest absolute Gasteiger partial charge is 0.420 e. The van der Waals surface area contributed by atoms with E-state index in [1.54, 1.807) is 30.9 Å². The molecule has 9 nitrogen and oxygen atoms in total. The third-order valence-electron chi connectivity index (χ3n) is 7.53. The van der Waals surface area contributed by atoms with Crippen LogP contribution in [0.2, 0.25) is 0 Å². The fourth-order valence-corrected chi connectivity index (χ4v) is 5.30. The molecule has 0 amide bonds. The number of halogens is 3. The van der Waals surface area contributed by atoms with Crippen molar-refractivity contribution in [1.82, 2.24) is 29.2 Å². The Hall–Kier alpha value is -3.35. The number of fused-ring (bicyclic) bond motifs is 3. The highest BCUT2D eigenvalue weighted by Gasteiger charge is 2.43. The van der Waals surface area contributed by atoms with Gasteiger partial charge in [0.05, 0.1) is 23.9 Å². The molecular formula is C28H33F3N6O3. The van der Waals surface area contributed by atoms with Crippen molar-refractivity contribution in [2.45, 2.75) is 51.1 Å². The maximum absolute atomic E-state index is 13.9. The zero-order chi connectivity index (χ0) is 28.6. The van der Waals surface area contributed by atoms with Crippen molar-refractivity contribution in [1.29, 1.82) is 0 Å². The summed E-state index contributed by atoms with van der Waals surface area (Å²) in [4.78, 5) is 19.1. The smallest absolute Gasteiger partial charge is 0.381 e. The molecule has 1 aliphatic heterocycles. The Morgan fingerprint density at radius 3 is 2.42 bits per heavy atom. The highest BCUT2D eigenvalue weighted by Crippen LogP contribution is 2.36. The van der Waals surface area contributed by atoms with Crippen molar-refractivity contribution >= 4 is 22.1 Å². The summed E-state index contributed by atoms with van der Waals surface area (Å²) in [5, 5.41) is 9.23. The lowest BCUT2D eigenvalue weighted by Crippen LogP contribution is -2.39. The van der Waals surface area contributed by atoms with Gasteiger partial charge in [0.15, 0.2) is 11.8 Å². The van der Waals surface area contributed by atoms with Crippen LogP contribution in [0.25, 0.3) is 33.2 Å². The third-order valence-corrected chi connectivity index (χ3v) is 7.53. The first kappa shape index (κ1) is 28.2. The number of likely N-dealkylation sites (tertiary alicyclic amines) is 1. The van der Waals surface area contributed by atoms with E-state index >= 15 is 0 Å². The Bertz CT molecular complexity index is 1540. The maximum atomic E-state index is 13.9. The molecule has 5 rings (SSSR count). The van der Waals surface area contributed by atoms with E-state index in [9.17, 15) is 18.0 Å². The van der Waals surface area contributed by atoms with Crippen molar-refractivity contribution < 1.29 is 22.6 Å². The summed E-state index contributed by atoms with van der Waals surface area (Å²) in [6.45, 7) is 5.73. The molecular weight excluding hydrogens is 525 g/mol. The van der Waals surface area contributed by atoms with Crippen LogP contribution in [0.5, 0.6) is 0 Å². The van der Waals surface area contributed by atoms with E-state index in [-0.39, 0.29) is 30.1 Å². The summed E-state index contributed by atoms with van der Waals surface area (Å²) in [7, 11) is 3.33. The molecule has 12 heteroatoms. The molecule has 1 aromatic carbocycles. The van der Waals surface area contributed by atoms with E-state index in [4.69, 9.17) is 9.47 Å². The van der Waals surface area contributed by atoms with Crippen LogP contribution >= 0.6 is 0 Å². The first-order valence-electron chi connectivity index (χ1n) is 13.4. The summed E-state index contributed by atoms with van der Waals surface area (Å²) in [6, 6.07) is 8.31. The molecule has 40 heavy (non-hydrogen) atoms. The zero-order valence-electron chi connectivity index (χ0n) is 23.0. The lowest BCUT2D eigenvalue weighted by atomic mass is 10.0. The Balaban J connectivity index is 1.38. The van der Waals surface area contributed by atoms with Crippen molar-refractivity contribution in [3.8, 4) is 11.1 Å². The number of imidazole rings is 1. The number of benzene rings is 1. The summed E-state index contributed by atoms with van der Waals surface area (Å²) in [5.74, 6) is 0. The van der Waals surface area contributed by atoms with Gasteiger partial charge in [0.2, 0.25) is 0 Å². The number of pyridine rings is 1. The molecule has 3 aromatic heterocycles. The van der Waals surface area contributed by atoms with Crippen molar-refractivity contribution in [3.05, 3.63) is 52.7 Å². The van der Waals surface area contributed by atoms with Crippen molar-refractivity contribution in [2.24, 2.45) is 7.05 Å². The van der Waals surface area contributed by atoms with Crippen LogP contribution in [0.3, 0.4) is 0 Å². The zero-order valence-corrected chi connectivity index (χ0v) is 23.0. The molecule has 1 atom stereocenters. The number of methoxy groups -OCH3 is 1. The molecule has 0 radical (unpaired) electrons. The van der Waals surface area contributed by atoms with Gasteiger partial charge in [0, 0.05) is 57.0 Å². The molecule has 1 fully saturated rings. The lowest BCUT2D eigenvalue weighted by molar-refractivity contribution is -0.226. The van der Waals surface area contributed by atoms with Crippen LogP contribution in [-0.4, -0.2) is 74.8 Å².